The van der Waals surface area contributed by atoms with E-state index in [0.29, 0.717) is 34.6 Å². The lowest BCUT2D eigenvalue weighted by Crippen LogP contribution is -2.36. The van der Waals surface area contributed by atoms with E-state index in [-0.39, 0.29) is 43.1 Å². The van der Waals surface area contributed by atoms with Gasteiger partial charge < -0.3 is 24.2 Å². The summed E-state index contributed by atoms with van der Waals surface area (Å²) in [5, 5.41) is 8.84. The van der Waals surface area contributed by atoms with Gasteiger partial charge in [-0.25, -0.2) is 9.38 Å². The van der Waals surface area contributed by atoms with E-state index in [0.717, 1.165) is 6.07 Å². The van der Waals surface area contributed by atoms with Gasteiger partial charge in [0, 0.05) is 42.8 Å². The molecule has 0 saturated heterocycles. The van der Waals surface area contributed by atoms with E-state index in [1.807, 2.05) is 0 Å². The van der Waals surface area contributed by atoms with Crippen LogP contribution in [0.15, 0.2) is 59.6 Å². The van der Waals surface area contributed by atoms with Gasteiger partial charge in [0.25, 0.3) is 5.91 Å². The number of hydrogen-bond acceptors (Lipinski definition) is 6. The van der Waals surface area contributed by atoms with E-state index in [4.69, 9.17) is 14.6 Å². The van der Waals surface area contributed by atoms with Crippen molar-refractivity contribution in [3.8, 4) is 17.2 Å². The summed E-state index contributed by atoms with van der Waals surface area (Å²) in [6, 6.07) is 12.3. The summed E-state index contributed by atoms with van der Waals surface area (Å²) in [6.07, 6.45) is -4.32. The number of carbonyl (C=O) groups is 2. The average Bonchev–Trinajstić information content (AvgIpc) is 3.32. The molecule has 0 aromatic heterocycles. The molecule has 0 atom stereocenters. The van der Waals surface area contributed by atoms with Gasteiger partial charge in [0.2, 0.25) is 0 Å². The number of carboxylic acid groups (broad SMARTS) is 1. The monoisotopic (exact) mass is 574 g/mol. The van der Waals surface area contributed by atoms with Crippen LogP contribution in [0.5, 0.6) is 17.2 Å². The number of halogens is 4. The van der Waals surface area contributed by atoms with Crippen molar-refractivity contribution in [2.75, 3.05) is 25.2 Å². The van der Waals surface area contributed by atoms with Crippen molar-refractivity contribution in [3.63, 3.8) is 0 Å². The van der Waals surface area contributed by atoms with E-state index < -0.39 is 29.8 Å². The van der Waals surface area contributed by atoms with Crippen molar-refractivity contribution < 1.29 is 46.5 Å². The molecule has 0 aliphatic carbocycles. The zero-order chi connectivity index (χ0) is 29.7. The topological polar surface area (TPSA) is 97.7 Å². The summed E-state index contributed by atoms with van der Waals surface area (Å²) >= 11 is 0. The van der Waals surface area contributed by atoms with Crippen LogP contribution in [0.2, 0.25) is 0 Å². The first kappa shape index (κ1) is 29.4. The molecular weight excluding hydrogens is 548 g/mol. The van der Waals surface area contributed by atoms with Crippen molar-refractivity contribution in [1.29, 1.82) is 0 Å². The number of aliphatic imine (C=N–C) groups is 1. The fourth-order valence-corrected chi connectivity index (χ4v) is 4.38. The first-order valence-electron chi connectivity index (χ1n) is 12.5. The molecule has 0 fully saturated rings. The lowest BCUT2D eigenvalue weighted by molar-refractivity contribution is -0.274. The lowest BCUT2D eigenvalue weighted by atomic mass is 10.0. The number of carbonyl (C=O) groups excluding carboxylic acids is 1. The molecule has 0 bridgehead atoms. The first-order valence-corrected chi connectivity index (χ1v) is 12.5. The van der Waals surface area contributed by atoms with Gasteiger partial charge in [-0.15, -0.1) is 13.2 Å². The summed E-state index contributed by atoms with van der Waals surface area (Å²) in [5.41, 5.74) is 1.80. The van der Waals surface area contributed by atoms with Crippen molar-refractivity contribution >= 4 is 29.0 Å². The van der Waals surface area contributed by atoms with Crippen molar-refractivity contribution in [3.05, 3.63) is 77.1 Å². The Balaban J connectivity index is 1.74. The molecule has 1 aliphatic heterocycles. The van der Waals surface area contributed by atoms with Crippen LogP contribution in [0.1, 0.15) is 29.5 Å². The fourth-order valence-electron chi connectivity index (χ4n) is 4.38. The average molecular weight is 575 g/mol. The third-order valence-electron chi connectivity index (χ3n) is 6.22. The highest BCUT2D eigenvalue weighted by Crippen LogP contribution is 2.35. The Kier molecular flexibility index (Phi) is 8.80. The Morgan fingerprint density at radius 3 is 2.46 bits per heavy atom. The molecule has 1 aliphatic rings. The minimum Gasteiger partial charge on any atom is -0.497 e. The number of fused-ring (bicyclic) bond motifs is 1. The van der Waals surface area contributed by atoms with Gasteiger partial charge in [-0.1, -0.05) is 6.07 Å². The molecule has 3 aromatic carbocycles. The number of alkyl halides is 3. The predicted molar refractivity (Wildman–Crippen MR) is 142 cm³/mol. The van der Waals surface area contributed by atoms with Crippen LogP contribution in [-0.4, -0.2) is 49.3 Å². The molecule has 12 heteroatoms. The number of amides is 1. The Labute approximate surface area is 232 Å². The summed E-state index contributed by atoms with van der Waals surface area (Å²) in [5.74, 6) is -1.89. The van der Waals surface area contributed by atoms with Crippen LogP contribution in [0.25, 0.3) is 0 Å². The summed E-state index contributed by atoms with van der Waals surface area (Å²) < 4.78 is 67.5. The van der Waals surface area contributed by atoms with Crippen LogP contribution in [0, 0.1) is 12.7 Å². The Bertz CT molecular complexity index is 1490. The quantitative estimate of drug-likeness (QED) is 0.181. The summed E-state index contributed by atoms with van der Waals surface area (Å²) in [4.78, 5) is 30.7. The van der Waals surface area contributed by atoms with Gasteiger partial charge in [0.15, 0.2) is 0 Å². The fraction of sp³-hybridized carbons (Fsp3) is 0.276. The van der Waals surface area contributed by atoms with Crippen LogP contribution in [0.4, 0.5) is 28.9 Å². The maximum absolute atomic E-state index is 14.0. The van der Waals surface area contributed by atoms with E-state index in [1.165, 1.54) is 48.4 Å². The first-order chi connectivity index (χ1) is 19.4. The highest BCUT2D eigenvalue weighted by Gasteiger charge is 2.34. The Morgan fingerprint density at radius 1 is 1.02 bits per heavy atom. The maximum atomic E-state index is 14.0. The number of hydrogen-bond donors (Lipinski definition) is 1. The molecule has 0 radical (unpaired) electrons. The van der Waals surface area contributed by atoms with Crippen molar-refractivity contribution in [1.82, 2.24) is 0 Å². The minimum atomic E-state index is -4.90. The number of carboxylic acids is 1. The minimum absolute atomic E-state index is 0.0789. The predicted octanol–water partition coefficient (Wildman–Crippen LogP) is 6.00. The molecular formula is C29H26F4N2O6. The number of methoxy groups -OCH3 is 1. The number of rotatable bonds is 10. The molecule has 216 valence electrons. The smallest absolute Gasteiger partial charge is 0.497 e. The van der Waals surface area contributed by atoms with E-state index in [1.54, 1.807) is 19.1 Å². The van der Waals surface area contributed by atoms with E-state index in [9.17, 15) is 27.2 Å². The van der Waals surface area contributed by atoms with Crippen LogP contribution in [0.3, 0.4) is 0 Å². The molecule has 1 N–H and O–H groups in total. The Hall–Kier alpha value is -4.61. The van der Waals surface area contributed by atoms with Crippen molar-refractivity contribution in [2.24, 2.45) is 4.99 Å². The lowest BCUT2D eigenvalue weighted by Gasteiger charge is -2.21. The molecule has 8 nitrogen and oxygen atoms in total. The highest BCUT2D eigenvalue weighted by molar-refractivity contribution is 6.50. The Morgan fingerprint density at radius 2 is 1.78 bits per heavy atom. The largest absolute Gasteiger partial charge is 0.573 e. The van der Waals surface area contributed by atoms with Gasteiger partial charge in [-0.3, -0.25) is 9.59 Å². The third-order valence-corrected chi connectivity index (χ3v) is 6.22. The van der Waals surface area contributed by atoms with Crippen LogP contribution >= 0.6 is 0 Å². The third kappa shape index (κ3) is 7.53. The maximum Gasteiger partial charge on any atom is 0.573 e. The number of nitrogens with zero attached hydrogens (tertiary/aromatic N) is 2. The van der Waals surface area contributed by atoms with Crippen LogP contribution in [-0.2, 0) is 16.0 Å². The number of benzene rings is 3. The van der Waals surface area contributed by atoms with Gasteiger partial charge in [0.05, 0.1) is 25.1 Å². The molecule has 0 spiro atoms. The summed E-state index contributed by atoms with van der Waals surface area (Å²) in [7, 11) is 1.43. The summed E-state index contributed by atoms with van der Waals surface area (Å²) in [6.45, 7) is 1.90. The zero-order valence-corrected chi connectivity index (χ0v) is 22.1. The second-order valence-electron chi connectivity index (χ2n) is 9.18. The van der Waals surface area contributed by atoms with Crippen LogP contribution < -0.4 is 19.1 Å². The molecule has 1 amide bonds. The second-order valence-corrected chi connectivity index (χ2v) is 9.18. The molecule has 1 heterocycles. The second kappa shape index (κ2) is 12.3. The van der Waals surface area contributed by atoms with Gasteiger partial charge in [0.1, 0.15) is 28.8 Å². The standard InChI is InChI=1S/C29H26F4N2O6/c1-17-12-19(30)6-8-24(17)27(34-20-13-22(39-2)15-23(14-20)40-11-3-4-26(36)37)28(38)35-10-9-18-5-7-21(16-25(18)35)41-29(31,32)33/h5-8,12-16H,3-4,9-11H2,1-2H3,(H,36,37). The van der Waals surface area contributed by atoms with Gasteiger partial charge in [-0.05, 0) is 55.2 Å². The van der Waals surface area contributed by atoms with Gasteiger partial charge in [-0.2, -0.15) is 0 Å². The molecule has 0 unspecified atom stereocenters. The normalized spacial score (nSPS) is 13.1. The number of ether oxygens (including phenoxy) is 3. The van der Waals surface area contributed by atoms with Crippen molar-refractivity contribution in [2.45, 2.75) is 32.5 Å². The SMILES string of the molecule is COc1cc(N=C(C(=O)N2CCc3ccc(OC(F)(F)F)cc32)c2ccc(F)cc2C)cc(OCCCC(=O)O)c1. The van der Waals surface area contributed by atoms with E-state index >= 15 is 0 Å². The van der Waals surface area contributed by atoms with E-state index in [2.05, 4.69) is 9.73 Å². The molecule has 3 aromatic rings. The van der Waals surface area contributed by atoms with Gasteiger partial charge >= 0.3 is 12.3 Å². The number of aryl methyl sites for hydroxylation is 1. The number of aliphatic carboxylic acids is 1. The molecule has 0 saturated carbocycles. The molecule has 41 heavy (non-hydrogen) atoms. The zero-order valence-electron chi connectivity index (χ0n) is 22.1. The highest BCUT2D eigenvalue weighted by atomic mass is 19.4. The molecule has 4 rings (SSSR count). The number of anilines is 1.